The van der Waals surface area contributed by atoms with Crippen molar-refractivity contribution >= 4 is 5.91 Å². The Morgan fingerprint density at radius 2 is 2.18 bits per heavy atom. The summed E-state index contributed by atoms with van der Waals surface area (Å²) in [6.07, 6.45) is 5.22. The third-order valence-corrected chi connectivity index (χ3v) is 1.62. The molecule has 0 bridgehead atoms. The summed E-state index contributed by atoms with van der Waals surface area (Å²) in [4.78, 5) is 12.9. The molecule has 0 atom stereocenters. The lowest BCUT2D eigenvalue weighted by molar-refractivity contribution is -0.134. The predicted octanol–water partition coefficient (Wildman–Crippen LogP) is -0.131. The Balaban J connectivity index is 2.34. The van der Waals surface area contributed by atoms with Crippen molar-refractivity contribution in [1.29, 1.82) is 0 Å². The van der Waals surface area contributed by atoms with E-state index in [4.69, 9.17) is 11.2 Å². The van der Waals surface area contributed by atoms with Crippen LogP contribution in [0.3, 0.4) is 0 Å². The quantitative estimate of drug-likeness (QED) is 0.491. The molecule has 0 aliphatic carbocycles. The van der Waals surface area contributed by atoms with Crippen molar-refractivity contribution in [2.24, 2.45) is 0 Å². The highest BCUT2D eigenvalue weighted by atomic mass is 16.5. The number of nitrogens with zero attached hydrogens (tertiary/aromatic N) is 1. The second kappa shape index (κ2) is 3.99. The molecule has 0 aromatic carbocycles. The molecule has 11 heavy (non-hydrogen) atoms. The first-order valence-electron chi connectivity index (χ1n) is 3.63. The van der Waals surface area contributed by atoms with Gasteiger partial charge in [-0.25, -0.2) is 0 Å². The van der Waals surface area contributed by atoms with Crippen molar-refractivity contribution < 1.29 is 9.53 Å². The number of ether oxygens (including phenoxy) is 1. The van der Waals surface area contributed by atoms with Crippen LogP contribution in [0.15, 0.2) is 0 Å². The first-order chi connectivity index (χ1) is 5.34. The van der Waals surface area contributed by atoms with Crippen molar-refractivity contribution in [2.75, 3.05) is 26.3 Å². The molecule has 0 N–H and O–H groups in total. The van der Waals surface area contributed by atoms with E-state index in [2.05, 4.69) is 5.92 Å². The number of amides is 1. The van der Waals surface area contributed by atoms with Gasteiger partial charge in [0.25, 0.3) is 0 Å². The third-order valence-electron chi connectivity index (χ3n) is 1.62. The Kier molecular flexibility index (Phi) is 2.94. The minimum Gasteiger partial charge on any atom is -0.378 e. The van der Waals surface area contributed by atoms with Gasteiger partial charge in [-0.3, -0.25) is 4.79 Å². The number of hydrogen-bond acceptors (Lipinski definition) is 2. The monoisotopic (exact) mass is 153 g/mol. The lowest BCUT2D eigenvalue weighted by Gasteiger charge is -2.26. The smallest absolute Gasteiger partial charge is 0.234 e. The summed E-state index contributed by atoms with van der Waals surface area (Å²) in [5.74, 6) is 2.37. The lowest BCUT2D eigenvalue weighted by atomic mass is 10.3. The molecule has 0 unspecified atom stereocenters. The average molecular weight is 153 g/mol. The zero-order chi connectivity index (χ0) is 8.10. The zero-order valence-electron chi connectivity index (χ0n) is 6.38. The van der Waals surface area contributed by atoms with E-state index in [9.17, 15) is 4.79 Å². The van der Waals surface area contributed by atoms with Gasteiger partial charge in [-0.2, -0.15) is 0 Å². The van der Waals surface area contributed by atoms with Crippen LogP contribution in [0.2, 0.25) is 0 Å². The van der Waals surface area contributed by atoms with E-state index in [1.807, 2.05) is 0 Å². The molecular weight excluding hydrogens is 142 g/mol. The number of terminal acetylenes is 1. The minimum atomic E-state index is 0.0378. The Hall–Kier alpha value is -1.01. The van der Waals surface area contributed by atoms with Gasteiger partial charge in [0, 0.05) is 13.1 Å². The minimum absolute atomic E-state index is 0.0378. The maximum Gasteiger partial charge on any atom is 0.234 e. The lowest BCUT2D eigenvalue weighted by Crippen LogP contribution is -2.40. The van der Waals surface area contributed by atoms with Gasteiger partial charge in [0.05, 0.1) is 19.6 Å². The predicted molar refractivity (Wildman–Crippen MR) is 40.8 cm³/mol. The van der Waals surface area contributed by atoms with Crippen molar-refractivity contribution in [1.82, 2.24) is 4.90 Å². The maximum absolute atomic E-state index is 11.1. The van der Waals surface area contributed by atoms with Gasteiger partial charge in [-0.05, 0) is 0 Å². The van der Waals surface area contributed by atoms with E-state index in [0.717, 1.165) is 0 Å². The Morgan fingerprint density at radius 1 is 1.55 bits per heavy atom. The molecule has 0 aromatic heterocycles. The van der Waals surface area contributed by atoms with Crippen molar-refractivity contribution in [3.8, 4) is 12.3 Å². The SMILES string of the molecule is C#CCC(=O)N1CCOCC1. The van der Waals surface area contributed by atoms with Gasteiger partial charge in [-0.1, -0.05) is 5.92 Å². The Bertz CT molecular complexity index is 177. The molecule has 1 aliphatic rings. The van der Waals surface area contributed by atoms with Crippen molar-refractivity contribution in [3.05, 3.63) is 0 Å². The van der Waals surface area contributed by atoms with Crippen LogP contribution in [-0.2, 0) is 9.53 Å². The molecule has 1 heterocycles. The fraction of sp³-hybridized carbons (Fsp3) is 0.625. The first kappa shape index (κ1) is 8.09. The molecule has 1 amide bonds. The van der Waals surface area contributed by atoms with Crippen LogP contribution in [0, 0.1) is 12.3 Å². The van der Waals surface area contributed by atoms with Gasteiger partial charge in [0.2, 0.25) is 5.91 Å². The topological polar surface area (TPSA) is 29.5 Å². The second-order valence-electron chi connectivity index (χ2n) is 2.37. The van der Waals surface area contributed by atoms with Crippen LogP contribution < -0.4 is 0 Å². The average Bonchev–Trinajstić information content (AvgIpc) is 2.07. The standard InChI is InChI=1S/C8H11NO2/c1-2-3-8(10)9-4-6-11-7-5-9/h1H,3-7H2. The Labute approximate surface area is 66.3 Å². The highest BCUT2D eigenvalue weighted by Crippen LogP contribution is 1.98. The molecule has 1 aliphatic heterocycles. The normalized spacial score (nSPS) is 17.5. The highest BCUT2D eigenvalue weighted by Gasteiger charge is 2.14. The van der Waals surface area contributed by atoms with Crippen molar-refractivity contribution in [3.63, 3.8) is 0 Å². The van der Waals surface area contributed by atoms with E-state index in [1.54, 1.807) is 4.90 Å². The fourth-order valence-electron chi connectivity index (χ4n) is 1.01. The molecule has 1 fully saturated rings. The van der Waals surface area contributed by atoms with E-state index in [1.165, 1.54) is 0 Å². The molecule has 1 saturated heterocycles. The molecule has 0 spiro atoms. The van der Waals surface area contributed by atoms with Gasteiger partial charge in [-0.15, -0.1) is 6.42 Å². The first-order valence-corrected chi connectivity index (χ1v) is 3.63. The van der Waals surface area contributed by atoms with Gasteiger partial charge in [0.1, 0.15) is 0 Å². The molecule has 0 radical (unpaired) electrons. The van der Waals surface area contributed by atoms with E-state index in [-0.39, 0.29) is 12.3 Å². The molecular formula is C8H11NO2. The van der Waals surface area contributed by atoms with Gasteiger partial charge in [0.15, 0.2) is 0 Å². The maximum atomic E-state index is 11.1. The van der Waals surface area contributed by atoms with Crippen LogP contribution in [-0.4, -0.2) is 37.1 Å². The van der Waals surface area contributed by atoms with E-state index < -0.39 is 0 Å². The summed E-state index contributed by atoms with van der Waals surface area (Å²) in [7, 11) is 0. The number of morpholine rings is 1. The van der Waals surface area contributed by atoms with Crippen LogP contribution in [0.25, 0.3) is 0 Å². The zero-order valence-corrected chi connectivity index (χ0v) is 6.38. The molecule has 3 nitrogen and oxygen atoms in total. The molecule has 0 aromatic rings. The highest BCUT2D eigenvalue weighted by molar-refractivity contribution is 5.78. The van der Waals surface area contributed by atoms with Gasteiger partial charge < -0.3 is 9.64 Å². The summed E-state index contributed by atoms with van der Waals surface area (Å²) < 4.78 is 5.08. The van der Waals surface area contributed by atoms with Crippen LogP contribution in [0.5, 0.6) is 0 Å². The molecule has 1 rings (SSSR count). The summed E-state index contributed by atoms with van der Waals surface area (Å²) in [6.45, 7) is 2.63. The molecule has 0 saturated carbocycles. The van der Waals surface area contributed by atoms with Crippen molar-refractivity contribution in [2.45, 2.75) is 6.42 Å². The number of hydrogen-bond donors (Lipinski definition) is 0. The third kappa shape index (κ3) is 2.24. The molecule has 60 valence electrons. The summed E-state index contributed by atoms with van der Waals surface area (Å²) in [5.41, 5.74) is 0. The largest absolute Gasteiger partial charge is 0.378 e. The van der Waals surface area contributed by atoms with E-state index in [0.29, 0.717) is 26.3 Å². The van der Waals surface area contributed by atoms with Gasteiger partial charge >= 0.3 is 0 Å². The van der Waals surface area contributed by atoms with E-state index >= 15 is 0 Å². The fourth-order valence-corrected chi connectivity index (χ4v) is 1.01. The van der Waals surface area contributed by atoms with Crippen LogP contribution in [0.4, 0.5) is 0 Å². The number of carbonyl (C=O) groups excluding carboxylic acids is 1. The Morgan fingerprint density at radius 3 is 2.73 bits per heavy atom. The summed E-state index contributed by atoms with van der Waals surface area (Å²) in [5, 5.41) is 0. The van der Waals surface area contributed by atoms with Crippen LogP contribution >= 0.6 is 0 Å². The molecule has 3 heteroatoms. The number of rotatable bonds is 1. The van der Waals surface area contributed by atoms with Crippen LogP contribution in [0.1, 0.15) is 6.42 Å². The second-order valence-corrected chi connectivity index (χ2v) is 2.37. The number of carbonyl (C=O) groups is 1. The summed E-state index contributed by atoms with van der Waals surface area (Å²) in [6, 6.07) is 0. The summed E-state index contributed by atoms with van der Waals surface area (Å²) >= 11 is 0.